The van der Waals surface area contributed by atoms with Gasteiger partial charge in [0.05, 0.1) is 46.8 Å². The van der Waals surface area contributed by atoms with Crippen LogP contribution in [0.4, 0.5) is 29.1 Å². The van der Waals surface area contributed by atoms with Gasteiger partial charge in [0, 0.05) is 57.8 Å². The summed E-state index contributed by atoms with van der Waals surface area (Å²) in [7, 11) is 3.13. The molecule has 0 spiro atoms. The van der Waals surface area contributed by atoms with Gasteiger partial charge in [0.25, 0.3) is 5.91 Å². The van der Waals surface area contributed by atoms with Crippen LogP contribution in [0.2, 0.25) is 0 Å². The van der Waals surface area contributed by atoms with Crippen LogP contribution in [0.3, 0.4) is 0 Å². The van der Waals surface area contributed by atoms with Crippen LogP contribution in [0.1, 0.15) is 54.2 Å². The van der Waals surface area contributed by atoms with Crippen molar-refractivity contribution in [3.05, 3.63) is 51.3 Å². The summed E-state index contributed by atoms with van der Waals surface area (Å²) in [4.78, 5) is 32.0. The van der Waals surface area contributed by atoms with Crippen molar-refractivity contribution in [3.63, 3.8) is 0 Å². The van der Waals surface area contributed by atoms with E-state index in [1.54, 1.807) is 14.1 Å². The number of hydrogen-bond donors (Lipinski definition) is 2. The van der Waals surface area contributed by atoms with Crippen LogP contribution in [-0.2, 0) is 28.7 Å². The van der Waals surface area contributed by atoms with Gasteiger partial charge >= 0.3 is 12.2 Å². The lowest BCUT2D eigenvalue weighted by Gasteiger charge is -2.33. The number of aromatic nitrogens is 2. The highest BCUT2D eigenvalue weighted by Crippen LogP contribution is 2.43. The molecule has 48 heavy (non-hydrogen) atoms. The third-order valence-electron chi connectivity index (χ3n) is 9.47. The Bertz CT molecular complexity index is 1640. The smallest absolute Gasteiger partial charge is 0.416 e. The number of alkyl halides is 4. The first-order valence-electron chi connectivity index (χ1n) is 15.9. The Kier molecular flexibility index (Phi) is 9.48. The Morgan fingerprint density at radius 3 is 2.77 bits per heavy atom. The third kappa shape index (κ3) is 6.77. The van der Waals surface area contributed by atoms with Crippen molar-refractivity contribution in [1.82, 2.24) is 19.8 Å². The number of fused-ring (bicyclic) bond motifs is 2. The van der Waals surface area contributed by atoms with Crippen LogP contribution >= 0.6 is 11.6 Å². The van der Waals surface area contributed by atoms with Gasteiger partial charge in [0.15, 0.2) is 0 Å². The van der Waals surface area contributed by atoms with E-state index in [-0.39, 0.29) is 54.2 Å². The third-order valence-corrected chi connectivity index (χ3v) is 9.89. The molecule has 0 aliphatic carbocycles. The summed E-state index contributed by atoms with van der Waals surface area (Å²) in [6.45, 7) is 2.26. The highest BCUT2D eigenvalue weighted by Gasteiger charge is 2.49. The number of hydrogen-bond acceptors (Lipinski definition) is 10. The summed E-state index contributed by atoms with van der Waals surface area (Å²) in [5.41, 5.74) is 12.1. The topological polar surface area (TPSA) is 135 Å². The molecule has 1 aromatic carbocycles. The monoisotopic (exact) mass is 694 g/mol. The van der Waals surface area contributed by atoms with Gasteiger partial charge in [-0.25, -0.2) is 4.39 Å². The maximum atomic E-state index is 14.5. The van der Waals surface area contributed by atoms with Gasteiger partial charge in [-0.3, -0.25) is 14.7 Å². The predicted octanol–water partition coefficient (Wildman–Crippen LogP) is 4.00. The van der Waals surface area contributed by atoms with Gasteiger partial charge in [0.2, 0.25) is 0 Å². The van der Waals surface area contributed by atoms with E-state index < -0.39 is 35.5 Å². The Morgan fingerprint density at radius 1 is 1.23 bits per heavy atom. The molecule has 4 N–H and O–H groups in total. The van der Waals surface area contributed by atoms with Gasteiger partial charge in [-0.2, -0.15) is 23.1 Å². The number of benzene rings is 1. The quantitative estimate of drug-likeness (QED) is 0.251. The van der Waals surface area contributed by atoms with Crippen LogP contribution < -0.4 is 21.1 Å². The summed E-state index contributed by atoms with van der Waals surface area (Å²) in [6, 6.07) is 3.48. The average molecular weight is 695 g/mol. The molecule has 2 aromatic rings. The first-order chi connectivity index (χ1) is 22.8. The lowest BCUT2D eigenvalue weighted by molar-refractivity contribution is -0.139. The molecule has 16 heteroatoms. The molecule has 0 saturated carbocycles. The number of nitrogen functional groups attached to an aromatic ring is 1. The van der Waals surface area contributed by atoms with Crippen molar-refractivity contribution in [3.8, 4) is 6.01 Å². The zero-order valence-corrected chi connectivity index (χ0v) is 27.6. The van der Waals surface area contributed by atoms with Crippen molar-refractivity contribution in [2.45, 2.75) is 62.7 Å². The van der Waals surface area contributed by atoms with Gasteiger partial charge in [-0.05, 0) is 49.6 Å². The number of ether oxygens (including phenoxy) is 2. The Labute approximate surface area is 280 Å². The van der Waals surface area contributed by atoms with E-state index in [0.717, 1.165) is 25.5 Å². The number of amides is 1. The first-order valence-corrected chi connectivity index (χ1v) is 16.3. The fourth-order valence-corrected chi connectivity index (χ4v) is 7.31. The van der Waals surface area contributed by atoms with Gasteiger partial charge < -0.3 is 30.7 Å². The van der Waals surface area contributed by atoms with Crippen LogP contribution in [0.25, 0.3) is 0 Å². The summed E-state index contributed by atoms with van der Waals surface area (Å²) < 4.78 is 68.9. The number of nitrogens with two attached hydrogens (primary N) is 2. The van der Waals surface area contributed by atoms with E-state index in [1.807, 2.05) is 4.90 Å². The minimum absolute atomic E-state index is 0.00268. The number of rotatable bonds is 7. The molecule has 0 bridgehead atoms. The zero-order chi connectivity index (χ0) is 34.4. The largest absolute Gasteiger partial charge is 0.461 e. The van der Waals surface area contributed by atoms with Gasteiger partial charge in [-0.15, -0.1) is 0 Å². The minimum Gasteiger partial charge on any atom is -0.461 e. The van der Waals surface area contributed by atoms with E-state index in [1.165, 1.54) is 17.0 Å². The molecule has 4 aliphatic rings. The van der Waals surface area contributed by atoms with E-state index in [4.69, 9.17) is 42.5 Å². The zero-order valence-electron chi connectivity index (χ0n) is 26.8. The number of halogens is 5. The van der Waals surface area contributed by atoms with Crippen LogP contribution in [0, 0.1) is 0 Å². The lowest BCUT2D eigenvalue weighted by Crippen LogP contribution is -2.43. The highest BCUT2D eigenvalue weighted by molar-refractivity contribution is 6.45. The molecule has 4 aliphatic heterocycles. The highest BCUT2D eigenvalue weighted by atomic mass is 35.5. The van der Waals surface area contributed by atoms with Crippen LogP contribution in [-0.4, -0.2) is 96.5 Å². The van der Waals surface area contributed by atoms with Crippen molar-refractivity contribution in [2.24, 2.45) is 10.7 Å². The van der Waals surface area contributed by atoms with E-state index in [2.05, 4.69) is 9.89 Å². The van der Waals surface area contributed by atoms with Crippen molar-refractivity contribution >= 4 is 34.7 Å². The summed E-state index contributed by atoms with van der Waals surface area (Å²) >= 11 is 6.62. The molecule has 5 heterocycles. The average Bonchev–Trinajstić information content (AvgIpc) is 3.45. The number of aliphatic imine (C=N–C) groups is 1. The maximum Gasteiger partial charge on any atom is 0.416 e. The molecular formula is C32H39ClF4N8O3. The van der Waals surface area contributed by atoms with Crippen molar-refractivity contribution in [1.29, 1.82) is 0 Å². The Hall–Kier alpha value is -3.69. The van der Waals surface area contributed by atoms with Gasteiger partial charge in [-0.1, -0.05) is 11.6 Å². The standard InChI is InChI=1S/C32H39ClF4N8O3/c1-43(2)29(46)27(39)26(33)24-15-44(9-4-8-40-24)28-21-16-47-25(20-11-19(38)5-6-22(20)32(35,36)37)12-23(21)41-30(42-28)48-17-31-7-3-10-45(31)14-18(34)13-31/h5-6,11,18,25H,3-4,7-10,12-17,38-39H2,1-2H3/b27-26+/t18-,25-,31+/m1/s1. The lowest BCUT2D eigenvalue weighted by atomic mass is 9.94. The summed E-state index contributed by atoms with van der Waals surface area (Å²) in [5, 5.41) is 0.0279. The molecule has 260 valence electrons. The fourth-order valence-electron chi connectivity index (χ4n) is 7.10. The number of anilines is 2. The maximum absolute atomic E-state index is 14.5. The molecular weight excluding hydrogens is 656 g/mol. The minimum atomic E-state index is -4.62. The second kappa shape index (κ2) is 13.3. The first kappa shape index (κ1) is 34.2. The number of nitrogens with zero attached hydrogens (tertiary/aromatic N) is 6. The molecule has 3 atom stereocenters. The summed E-state index contributed by atoms with van der Waals surface area (Å²) in [6.07, 6.45) is -3.90. The summed E-state index contributed by atoms with van der Waals surface area (Å²) in [5.74, 6) is -0.0141. The van der Waals surface area contributed by atoms with Crippen LogP contribution in [0.5, 0.6) is 6.01 Å². The molecule has 0 unspecified atom stereocenters. The molecule has 0 radical (unpaired) electrons. The molecule has 1 aromatic heterocycles. The van der Waals surface area contributed by atoms with E-state index in [0.29, 0.717) is 55.3 Å². The fraction of sp³-hybridized carbons (Fsp3) is 0.562. The molecule has 2 saturated heterocycles. The molecule has 2 fully saturated rings. The van der Waals surface area contributed by atoms with Crippen molar-refractivity contribution < 1.29 is 31.8 Å². The number of carbonyl (C=O) groups is 1. The number of likely N-dealkylation sites (N-methyl/N-ethyl adjacent to an activating group) is 1. The van der Waals surface area contributed by atoms with Crippen LogP contribution in [0.15, 0.2) is 33.9 Å². The second-order valence-electron chi connectivity index (χ2n) is 13.0. The number of carbonyl (C=O) groups excluding carboxylic acids is 1. The van der Waals surface area contributed by atoms with E-state index in [9.17, 15) is 22.4 Å². The van der Waals surface area contributed by atoms with Crippen molar-refractivity contribution in [2.75, 3.05) is 64.1 Å². The second-order valence-corrected chi connectivity index (χ2v) is 13.4. The molecule has 6 rings (SSSR count). The SMILES string of the molecule is CN(C)C(=O)/C(N)=C(\Cl)C1=NCCCN(c2nc(OC[C@@]34CCCN3C[C@H](F)C4)nc3c2CO[C@@H](c2cc(N)ccc2C(F)(F)F)C3)C1. The Morgan fingerprint density at radius 2 is 2.02 bits per heavy atom. The predicted molar refractivity (Wildman–Crippen MR) is 173 cm³/mol. The molecule has 1 amide bonds. The van der Waals surface area contributed by atoms with Gasteiger partial charge in [0.1, 0.15) is 24.3 Å². The normalized spacial score (nSPS) is 25.1. The Balaban J connectivity index is 1.37. The van der Waals surface area contributed by atoms with E-state index >= 15 is 0 Å². The molecule has 11 nitrogen and oxygen atoms in total.